The van der Waals surface area contributed by atoms with Crippen LogP contribution in [0.5, 0.6) is 0 Å². The van der Waals surface area contributed by atoms with Crippen LogP contribution < -0.4 is 5.43 Å². The second-order valence-corrected chi connectivity index (χ2v) is 11.2. The summed E-state index contributed by atoms with van der Waals surface area (Å²) in [7, 11) is 0. The summed E-state index contributed by atoms with van der Waals surface area (Å²) in [4.78, 5) is 44.3. The van der Waals surface area contributed by atoms with Crippen molar-refractivity contribution in [2.45, 2.75) is 32.0 Å². The second-order valence-electron chi connectivity index (χ2n) is 11.2. The van der Waals surface area contributed by atoms with Crippen LogP contribution in [0.3, 0.4) is 0 Å². The Balaban J connectivity index is 1.27. The van der Waals surface area contributed by atoms with Crippen molar-refractivity contribution < 1.29 is 23.1 Å². The van der Waals surface area contributed by atoms with Gasteiger partial charge < -0.3 is 19.0 Å². The molecule has 45 heavy (non-hydrogen) atoms. The maximum atomic E-state index is 14.0. The standard InChI is InChI=1S/C37H33FN2O5/c38-31-18-12-26(13-19-31)21-39(22-30-25-45-34-11-5-4-10-33(34)36(30)42)35(41)24-40(23-32-9-6-20-44-32)37(43)29-16-14-28(15-17-29)27-7-2-1-3-8-27/h1-5,7-8,10-19,25,32H,6,9,20-24H2. The smallest absolute Gasteiger partial charge is 0.254 e. The van der Waals surface area contributed by atoms with E-state index < -0.39 is 5.82 Å². The predicted octanol–water partition coefficient (Wildman–Crippen LogP) is 6.45. The highest BCUT2D eigenvalue weighted by atomic mass is 19.1. The zero-order valence-electron chi connectivity index (χ0n) is 24.7. The quantitative estimate of drug-likeness (QED) is 0.183. The molecule has 0 spiro atoms. The van der Waals surface area contributed by atoms with Gasteiger partial charge in [0.1, 0.15) is 17.9 Å². The van der Waals surface area contributed by atoms with Crippen LogP contribution in [0, 0.1) is 5.82 Å². The number of hydrogen-bond donors (Lipinski definition) is 0. The molecule has 6 rings (SSSR count). The van der Waals surface area contributed by atoms with Crippen LogP contribution in [0.4, 0.5) is 4.39 Å². The number of benzene rings is 4. The summed E-state index contributed by atoms with van der Waals surface area (Å²) in [6, 6.07) is 30.0. The van der Waals surface area contributed by atoms with Crippen LogP contribution in [-0.4, -0.2) is 47.4 Å². The number of nitrogens with zero attached hydrogens (tertiary/aromatic N) is 2. The van der Waals surface area contributed by atoms with E-state index in [4.69, 9.17) is 9.15 Å². The lowest BCUT2D eigenvalue weighted by Gasteiger charge is -2.29. The fourth-order valence-electron chi connectivity index (χ4n) is 5.61. The summed E-state index contributed by atoms with van der Waals surface area (Å²) in [5.41, 5.74) is 3.68. The zero-order chi connectivity index (χ0) is 31.2. The van der Waals surface area contributed by atoms with Crippen LogP contribution in [0.1, 0.15) is 34.3 Å². The molecule has 2 heterocycles. The summed E-state index contributed by atoms with van der Waals surface area (Å²) in [5.74, 6) is -1.04. The Morgan fingerprint density at radius 1 is 0.800 bits per heavy atom. The Labute approximate surface area is 260 Å². The number of ether oxygens (including phenoxy) is 1. The van der Waals surface area contributed by atoms with E-state index in [2.05, 4.69) is 0 Å². The van der Waals surface area contributed by atoms with Gasteiger partial charge in [0.15, 0.2) is 5.43 Å². The summed E-state index contributed by atoms with van der Waals surface area (Å²) in [6.07, 6.45) is 2.88. The third-order valence-corrected chi connectivity index (χ3v) is 8.05. The predicted molar refractivity (Wildman–Crippen MR) is 170 cm³/mol. The molecule has 1 aliphatic rings. The third-order valence-electron chi connectivity index (χ3n) is 8.05. The van der Waals surface area contributed by atoms with Gasteiger partial charge in [-0.1, -0.05) is 66.7 Å². The number of rotatable bonds is 10. The minimum Gasteiger partial charge on any atom is -0.464 e. The SMILES string of the molecule is O=C(CN(CC1CCCO1)C(=O)c1ccc(-c2ccccc2)cc1)N(Cc1ccc(F)cc1)Cc1coc2ccccc2c1=O. The van der Waals surface area contributed by atoms with E-state index >= 15 is 0 Å². The lowest BCUT2D eigenvalue weighted by Crippen LogP contribution is -2.45. The van der Waals surface area contributed by atoms with Crippen molar-refractivity contribution in [2.24, 2.45) is 0 Å². The van der Waals surface area contributed by atoms with Crippen LogP contribution >= 0.6 is 0 Å². The van der Waals surface area contributed by atoms with Gasteiger partial charge in [0.05, 0.1) is 29.9 Å². The van der Waals surface area contributed by atoms with E-state index in [-0.39, 0.29) is 49.5 Å². The molecule has 1 atom stereocenters. The second kappa shape index (κ2) is 13.7. The van der Waals surface area contributed by atoms with Gasteiger partial charge in [-0.2, -0.15) is 0 Å². The maximum Gasteiger partial charge on any atom is 0.254 e. The molecule has 1 aromatic heterocycles. The van der Waals surface area contributed by atoms with Gasteiger partial charge >= 0.3 is 0 Å². The van der Waals surface area contributed by atoms with E-state index in [9.17, 15) is 18.8 Å². The number of amides is 2. The van der Waals surface area contributed by atoms with Crippen LogP contribution in [0.2, 0.25) is 0 Å². The van der Waals surface area contributed by atoms with Gasteiger partial charge in [-0.05, 0) is 65.9 Å². The van der Waals surface area contributed by atoms with E-state index in [1.807, 2.05) is 42.5 Å². The molecule has 1 unspecified atom stereocenters. The van der Waals surface area contributed by atoms with Crippen molar-refractivity contribution in [1.82, 2.24) is 9.80 Å². The number of carbonyl (C=O) groups is 2. The Kier molecular flexibility index (Phi) is 9.12. The first-order valence-corrected chi connectivity index (χ1v) is 15.0. The Hall–Kier alpha value is -5.08. The molecule has 0 saturated carbocycles. The molecule has 8 heteroatoms. The molecule has 0 aliphatic carbocycles. The first kappa shape index (κ1) is 30.0. The van der Waals surface area contributed by atoms with Gasteiger partial charge in [-0.25, -0.2) is 4.39 Å². The van der Waals surface area contributed by atoms with Crippen LogP contribution in [0.25, 0.3) is 22.1 Å². The largest absolute Gasteiger partial charge is 0.464 e. The lowest BCUT2D eigenvalue weighted by atomic mass is 10.0. The zero-order valence-corrected chi connectivity index (χ0v) is 24.7. The lowest BCUT2D eigenvalue weighted by molar-refractivity contribution is -0.133. The van der Waals surface area contributed by atoms with Gasteiger partial charge in [-0.3, -0.25) is 14.4 Å². The summed E-state index contributed by atoms with van der Waals surface area (Å²) in [6.45, 7) is 0.712. The average molecular weight is 605 g/mol. The Morgan fingerprint density at radius 3 is 2.24 bits per heavy atom. The third kappa shape index (κ3) is 7.19. The summed E-state index contributed by atoms with van der Waals surface area (Å²) in [5, 5.41) is 0.415. The minimum atomic E-state index is -0.390. The fourth-order valence-corrected chi connectivity index (χ4v) is 5.61. The first-order chi connectivity index (χ1) is 21.9. The highest BCUT2D eigenvalue weighted by molar-refractivity contribution is 5.97. The number of hydrogen-bond acceptors (Lipinski definition) is 5. The molecule has 2 amide bonds. The number of fused-ring (bicyclic) bond motifs is 1. The van der Waals surface area contributed by atoms with E-state index in [1.54, 1.807) is 48.5 Å². The van der Waals surface area contributed by atoms with Crippen molar-refractivity contribution in [3.05, 3.63) is 142 Å². The molecular formula is C37H33FN2O5. The minimum absolute atomic E-state index is 0.0445. The number of carbonyl (C=O) groups excluding carboxylic acids is 2. The highest BCUT2D eigenvalue weighted by Crippen LogP contribution is 2.22. The Morgan fingerprint density at radius 2 is 1.51 bits per heavy atom. The van der Waals surface area contributed by atoms with Crippen molar-refractivity contribution in [3.8, 4) is 11.1 Å². The molecule has 1 fully saturated rings. The van der Waals surface area contributed by atoms with Gasteiger partial charge in [0, 0.05) is 25.3 Å². The van der Waals surface area contributed by atoms with Gasteiger partial charge in [0.25, 0.3) is 5.91 Å². The van der Waals surface area contributed by atoms with Gasteiger partial charge in [0.2, 0.25) is 5.91 Å². The Bertz CT molecular complexity index is 1830. The van der Waals surface area contributed by atoms with Crippen molar-refractivity contribution in [1.29, 1.82) is 0 Å². The van der Waals surface area contributed by atoms with Crippen LogP contribution in [0.15, 0.2) is 119 Å². The highest BCUT2D eigenvalue weighted by Gasteiger charge is 2.28. The summed E-state index contributed by atoms with van der Waals surface area (Å²) < 4.78 is 25.2. The molecule has 4 aromatic carbocycles. The topological polar surface area (TPSA) is 80.1 Å². The van der Waals surface area contributed by atoms with E-state index in [1.165, 1.54) is 28.2 Å². The molecule has 0 bridgehead atoms. The van der Waals surface area contributed by atoms with E-state index in [0.717, 1.165) is 24.0 Å². The van der Waals surface area contributed by atoms with E-state index in [0.29, 0.717) is 34.3 Å². The molecule has 5 aromatic rings. The van der Waals surface area contributed by atoms with Crippen molar-refractivity contribution >= 4 is 22.8 Å². The van der Waals surface area contributed by atoms with Crippen molar-refractivity contribution in [3.63, 3.8) is 0 Å². The van der Waals surface area contributed by atoms with Crippen molar-refractivity contribution in [2.75, 3.05) is 19.7 Å². The normalized spacial score (nSPS) is 14.4. The molecule has 228 valence electrons. The number of para-hydroxylation sites is 1. The summed E-state index contributed by atoms with van der Waals surface area (Å²) >= 11 is 0. The first-order valence-electron chi connectivity index (χ1n) is 15.0. The molecule has 1 aliphatic heterocycles. The fraction of sp³-hybridized carbons (Fsp3) is 0.216. The van der Waals surface area contributed by atoms with Gasteiger partial charge in [-0.15, -0.1) is 0 Å². The molecule has 0 N–H and O–H groups in total. The van der Waals surface area contributed by atoms with Crippen LogP contribution in [-0.2, 0) is 22.6 Å². The monoisotopic (exact) mass is 604 g/mol. The maximum absolute atomic E-state index is 14.0. The number of halogens is 1. The average Bonchev–Trinajstić information content (AvgIpc) is 3.60. The molecule has 0 radical (unpaired) electrons. The molecular weight excluding hydrogens is 571 g/mol. The molecule has 7 nitrogen and oxygen atoms in total. The molecule has 1 saturated heterocycles.